The summed E-state index contributed by atoms with van der Waals surface area (Å²) in [7, 11) is 0. The second-order valence-electron chi connectivity index (χ2n) is 5.99. The molecule has 1 unspecified atom stereocenters. The summed E-state index contributed by atoms with van der Waals surface area (Å²) in [5, 5.41) is 0. The van der Waals surface area contributed by atoms with E-state index in [-0.39, 0.29) is 12.5 Å². The number of carbonyl (C=O) groups is 2. The first kappa shape index (κ1) is 15.5. The third-order valence-corrected chi connectivity index (χ3v) is 5.60. The first-order valence-electron chi connectivity index (χ1n) is 7.97. The summed E-state index contributed by atoms with van der Waals surface area (Å²) in [6.45, 7) is 1.15. The fraction of sp³-hybridized carbons (Fsp3) is 0.625. The van der Waals surface area contributed by atoms with Gasteiger partial charge in [0.25, 0.3) is 5.91 Å². The topological polar surface area (TPSA) is 72.6 Å². The summed E-state index contributed by atoms with van der Waals surface area (Å²) in [5.41, 5.74) is 6.62. The Balaban J connectivity index is 1.74. The van der Waals surface area contributed by atoms with E-state index in [0.29, 0.717) is 13.2 Å². The number of carbonyl (C=O) groups excluding carboxylic acids is 2. The average molecular weight is 322 g/mol. The van der Waals surface area contributed by atoms with Gasteiger partial charge in [0.2, 0.25) is 5.91 Å². The number of fused-ring (bicyclic) bond motifs is 1. The summed E-state index contributed by atoms with van der Waals surface area (Å²) in [6.07, 6.45) is 6.46. The van der Waals surface area contributed by atoms with E-state index in [1.165, 1.54) is 36.1 Å². The number of hydrogen-bond donors (Lipinski definition) is 1. The van der Waals surface area contributed by atoms with Gasteiger partial charge in [-0.25, -0.2) is 0 Å². The van der Waals surface area contributed by atoms with Crippen molar-refractivity contribution in [2.45, 2.75) is 44.6 Å². The highest BCUT2D eigenvalue weighted by Crippen LogP contribution is 2.29. The molecule has 1 aliphatic heterocycles. The number of morpholine rings is 1. The molecule has 1 aromatic heterocycles. The Morgan fingerprint density at radius 1 is 1.23 bits per heavy atom. The van der Waals surface area contributed by atoms with Crippen LogP contribution in [0, 0.1) is 0 Å². The molecule has 0 aromatic carbocycles. The number of amides is 2. The molecule has 1 atom stereocenters. The van der Waals surface area contributed by atoms with E-state index in [0.717, 1.165) is 17.7 Å². The van der Waals surface area contributed by atoms with Crippen molar-refractivity contribution >= 4 is 23.2 Å². The summed E-state index contributed by atoms with van der Waals surface area (Å²) >= 11 is 1.62. The maximum absolute atomic E-state index is 12.7. The Morgan fingerprint density at radius 3 is 2.77 bits per heavy atom. The van der Waals surface area contributed by atoms with Gasteiger partial charge >= 0.3 is 0 Å². The van der Waals surface area contributed by atoms with E-state index in [2.05, 4.69) is 6.07 Å². The zero-order valence-electron chi connectivity index (χ0n) is 12.7. The van der Waals surface area contributed by atoms with Gasteiger partial charge in [0.15, 0.2) is 6.10 Å². The molecule has 0 spiro atoms. The van der Waals surface area contributed by atoms with Gasteiger partial charge in [-0.15, -0.1) is 11.3 Å². The number of primary amides is 1. The lowest BCUT2D eigenvalue weighted by Gasteiger charge is -2.31. The third kappa shape index (κ3) is 3.33. The molecule has 5 nitrogen and oxygen atoms in total. The van der Waals surface area contributed by atoms with Crippen LogP contribution in [0.1, 0.15) is 45.8 Å². The lowest BCUT2D eigenvalue weighted by Crippen LogP contribution is -2.50. The van der Waals surface area contributed by atoms with Crippen molar-refractivity contribution in [3.63, 3.8) is 0 Å². The monoisotopic (exact) mass is 322 g/mol. The Kier molecular flexibility index (Phi) is 4.78. The van der Waals surface area contributed by atoms with Gasteiger partial charge in [0.1, 0.15) is 0 Å². The molecule has 6 heteroatoms. The molecule has 120 valence electrons. The van der Waals surface area contributed by atoms with Crippen molar-refractivity contribution in [2.75, 3.05) is 19.7 Å². The van der Waals surface area contributed by atoms with Gasteiger partial charge in [0.05, 0.1) is 18.0 Å². The fourth-order valence-electron chi connectivity index (χ4n) is 3.11. The molecule has 0 saturated carbocycles. The summed E-state index contributed by atoms with van der Waals surface area (Å²) in [6, 6.07) is 2.06. The minimum Gasteiger partial charge on any atom is -0.367 e. The van der Waals surface area contributed by atoms with Crippen LogP contribution in [0.3, 0.4) is 0 Å². The van der Waals surface area contributed by atoms with E-state index in [1.807, 2.05) is 0 Å². The molecule has 2 heterocycles. The molecule has 0 radical (unpaired) electrons. The van der Waals surface area contributed by atoms with Crippen molar-refractivity contribution in [1.29, 1.82) is 0 Å². The summed E-state index contributed by atoms with van der Waals surface area (Å²) in [5.74, 6) is -0.498. The number of ether oxygens (including phenoxy) is 1. The number of nitrogens with two attached hydrogens (primary N) is 1. The molecular formula is C16H22N2O3S. The number of nitrogens with zero attached hydrogens (tertiary/aromatic N) is 1. The third-order valence-electron chi connectivity index (χ3n) is 4.38. The van der Waals surface area contributed by atoms with E-state index >= 15 is 0 Å². The van der Waals surface area contributed by atoms with Crippen LogP contribution in [-0.2, 0) is 22.4 Å². The molecule has 1 aromatic rings. The highest BCUT2D eigenvalue weighted by atomic mass is 32.1. The van der Waals surface area contributed by atoms with Gasteiger partial charge in [-0.2, -0.15) is 0 Å². The fourth-order valence-corrected chi connectivity index (χ4v) is 4.33. The molecular weight excluding hydrogens is 300 g/mol. The van der Waals surface area contributed by atoms with E-state index in [9.17, 15) is 9.59 Å². The van der Waals surface area contributed by atoms with Crippen LogP contribution >= 0.6 is 11.3 Å². The van der Waals surface area contributed by atoms with Crippen LogP contribution in [0.5, 0.6) is 0 Å². The molecule has 2 N–H and O–H groups in total. The smallest absolute Gasteiger partial charge is 0.264 e. The van der Waals surface area contributed by atoms with Gasteiger partial charge in [-0.1, -0.05) is 12.8 Å². The zero-order chi connectivity index (χ0) is 15.5. The predicted octanol–water partition coefficient (Wildman–Crippen LogP) is 1.73. The normalized spacial score (nSPS) is 22.5. The minimum atomic E-state index is -0.682. The van der Waals surface area contributed by atoms with Gasteiger partial charge in [-0.05, 0) is 37.3 Å². The maximum Gasteiger partial charge on any atom is 0.264 e. The number of rotatable bonds is 2. The van der Waals surface area contributed by atoms with Crippen LogP contribution in [0.25, 0.3) is 0 Å². The molecule has 1 saturated heterocycles. The Bertz CT molecular complexity index is 544. The Labute approximate surface area is 134 Å². The first-order valence-corrected chi connectivity index (χ1v) is 8.78. The molecule has 1 fully saturated rings. The lowest BCUT2D eigenvalue weighted by atomic mass is 10.00. The molecule has 0 bridgehead atoms. The minimum absolute atomic E-state index is 0.00583. The molecule has 1 aliphatic carbocycles. The van der Waals surface area contributed by atoms with E-state index < -0.39 is 12.0 Å². The van der Waals surface area contributed by atoms with Crippen LogP contribution < -0.4 is 5.73 Å². The largest absolute Gasteiger partial charge is 0.367 e. The second-order valence-corrected chi connectivity index (χ2v) is 7.12. The molecule has 2 aliphatic rings. The maximum atomic E-state index is 12.7. The average Bonchev–Trinajstić information content (AvgIpc) is 2.89. The summed E-state index contributed by atoms with van der Waals surface area (Å²) < 4.78 is 5.30. The standard InChI is InChI=1S/C16H22N2O3S/c17-15(19)12-10-18(7-8-21-12)16(20)14-9-11-5-3-1-2-4-6-13(11)22-14/h9,12H,1-8,10H2,(H2,17,19). The van der Waals surface area contributed by atoms with Crippen molar-refractivity contribution in [3.05, 3.63) is 21.4 Å². The lowest BCUT2D eigenvalue weighted by molar-refractivity contribution is -0.133. The molecule has 22 heavy (non-hydrogen) atoms. The predicted molar refractivity (Wildman–Crippen MR) is 85.0 cm³/mol. The number of aryl methyl sites for hydroxylation is 2. The highest BCUT2D eigenvalue weighted by Gasteiger charge is 2.29. The van der Waals surface area contributed by atoms with Crippen molar-refractivity contribution < 1.29 is 14.3 Å². The number of hydrogen-bond acceptors (Lipinski definition) is 4. The molecule has 3 rings (SSSR count). The highest BCUT2D eigenvalue weighted by molar-refractivity contribution is 7.14. The van der Waals surface area contributed by atoms with Crippen LogP contribution in [0.4, 0.5) is 0 Å². The Morgan fingerprint density at radius 2 is 2.00 bits per heavy atom. The van der Waals surface area contributed by atoms with Crippen LogP contribution in [0.2, 0.25) is 0 Å². The van der Waals surface area contributed by atoms with Crippen molar-refractivity contribution in [1.82, 2.24) is 4.90 Å². The second kappa shape index (κ2) is 6.79. The van der Waals surface area contributed by atoms with Crippen molar-refractivity contribution in [3.8, 4) is 0 Å². The van der Waals surface area contributed by atoms with Gasteiger partial charge in [0, 0.05) is 11.4 Å². The summed E-state index contributed by atoms with van der Waals surface area (Å²) in [4.78, 5) is 27.8. The first-order chi connectivity index (χ1) is 10.6. The Hall–Kier alpha value is -1.40. The van der Waals surface area contributed by atoms with Crippen LogP contribution in [-0.4, -0.2) is 42.5 Å². The van der Waals surface area contributed by atoms with Gasteiger partial charge < -0.3 is 15.4 Å². The molecule has 2 amide bonds. The number of thiophene rings is 1. The van der Waals surface area contributed by atoms with E-state index in [4.69, 9.17) is 10.5 Å². The van der Waals surface area contributed by atoms with Crippen LogP contribution in [0.15, 0.2) is 6.07 Å². The van der Waals surface area contributed by atoms with Crippen molar-refractivity contribution in [2.24, 2.45) is 5.73 Å². The van der Waals surface area contributed by atoms with E-state index in [1.54, 1.807) is 16.2 Å². The quantitative estimate of drug-likeness (QED) is 0.901. The van der Waals surface area contributed by atoms with Gasteiger partial charge in [-0.3, -0.25) is 9.59 Å². The SMILES string of the molecule is NC(=O)C1CN(C(=O)c2cc3c(s2)CCCCCC3)CCO1. The zero-order valence-corrected chi connectivity index (χ0v) is 13.5.